The van der Waals surface area contributed by atoms with E-state index in [4.69, 9.17) is 10.00 Å². The molecule has 1 N–H and O–H groups in total. The highest BCUT2D eigenvalue weighted by Crippen LogP contribution is 2.22. The van der Waals surface area contributed by atoms with Crippen LogP contribution in [0.3, 0.4) is 0 Å². The van der Waals surface area contributed by atoms with Gasteiger partial charge in [0.25, 0.3) is 0 Å². The number of sulfonamides is 1. The van der Waals surface area contributed by atoms with Crippen LogP contribution >= 0.6 is 0 Å². The van der Waals surface area contributed by atoms with Crippen LogP contribution in [0.1, 0.15) is 17.2 Å². The largest absolute Gasteiger partial charge is 0.379 e. The van der Waals surface area contributed by atoms with Gasteiger partial charge >= 0.3 is 0 Å². The molecule has 1 unspecified atom stereocenters. The summed E-state index contributed by atoms with van der Waals surface area (Å²) in [5.41, 5.74) is 1.50. The average molecular weight is 371 g/mol. The molecule has 0 spiro atoms. The van der Waals surface area contributed by atoms with Gasteiger partial charge in [-0.15, -0.1) is 0 Å². The van der Waals surface area contributed by atoms with Crippen molar-refractivity contribution in [3.63, 3.8) is 0 Å². The van der Waals surface area contributed by atoms with Crippen molar-refractivity contribution in [3.8, 4) is 6.07 Å². The molecule has 1 saturated heterocycles. The normalized spacial score (nSPS) is 16.7. The van der Waals surface area contributed by atoms with Gasteiger partial charge in [-0.25, -0.2) is 13.1 Å². The summed E-state index contributed by atoms with van der Waals surface area (Å²) in [4.78, 5) is 2.39. The van der Waals surface area contributed by atoms with Crippen molar-refractivity contribution in [1.82, 2.24) is 9.62 Å². The summed E-state index contributed by atoms with van der Waals surface area (Å²) >= 11 is 0. The van der Waals surface area contributed by atoms with E-state index in [0.717, 1.165) is 18.7 Å². The number of nitrogens with one attached hydrogen (secondary N) is 1. The van der Waals surface area contributed by atoms with E-state index in [0.29, 0.717) is 18.8 Å². The maximum atomic E-state index is 12.6. The molecule has 1 heterocycles. The minimum Gasteiger partial charge on any atom is -0.379 e. The second-order valence-electron chi connectivity index (χ2n) is 6.06. The molecule has 0 bridgehead atoms. The minimum atomic E-state index is -3.64. The number of nitrogens with zero attached hydrogens (tertiary/aromatic N) is 2. The Balaban J connectivity index is 1.77. The lowest BCUT2D eigenvalue weighted by Crippen LogP contribution is -2.43. The van der Waals surface area contributed by atoms with Gasteiger partial charge in [0.2, 0.25) is 10.0 Å². The molecule has 1 atom stereocenters. The predicted octanol–water partition coefficient (Wildman–Crippen LogP) is 1.91. The fourth-order valence-electron chi connectivity index (χ4n) is 3.00. The fourth-order valence-corrected chi connectivity index (χ4v) is 4.04. The Morgan fingerprint density at radius 1 is 1.08 bits per heavy atom. The molecule has 26 heavy (non-hydrogen) atoms. The van der Waals surface area contributed by atoms with Crippen molar-refractivity contribution in [2.75, 3.05) is 32.8 Å². The Morgan fingerprint density at radius 3 is 2.35 bits per heavy atom. The van der Waals surface area contributed by atoms with E-state index in [2.05, 4.69) is 9.62 Å². The summed E-state index contributed by atoms with van der Waals surface area (Å²) in [6.45, 7) is 3.08. The van der Waals surface area contributed by atoms with E-state index in [9.17, 15) is 8.42 Å². The first-order valence-electron chi connectivity index (χ1n) is 8.47. The van der Waals surface area contributed by atoms with Gasteiger partial charge < -0.3 is 4.74 Å². The van der Waals surface area contributed by atoms with Gasteiger partial charge in [0.05, 0.1) is 29.7 Å². The SMILES string of the molecule is N#Cc1ccc(S(=O)(=O)NCC(c2ccccc2)N2CCOCC2)cc1. The lowest BCUT2D eigenvalue weighted by molar-refractivity contribution is 0.0172. The van der Waals surface area contributed by atoms with E-state index < -0.39 is 10.0 Å². The second kappa shape index (κ2) is 8.43. The summed E-state index contributed by atoms with van der Waals surface area (Å²) in [5.74, 6) is 0. The molecule has 2 aromatic rings. The summed E-state index contributed by atoms with van der Waals surface area (Å²) in [6, 6.07) is 17.7. The summed E-state index contributed by atoms with van der Waals surface area (Å²) in [6.07, 6.45) is 0. The fraction of sp³-hybridized carbons (Fsp3) is 0.316. The van der Waals surface area contributed by atoms with Crippen molar-refractivity contribution >= 4 is 10.0 Å². The van der Waals surface area contributed by atoms with Crippen molar-refractivity contribution in [1.29, 1.82) is 5.26 Å². The number of rotatable bonds is 6. The Hall–Kier alpha value is -2.24. The van der Waals surface area contributed by atoms with Crippen molar-refractivity contribution in [3.05, 3.63) is 65.7 Å². The molecule has 0 amide bonds. The quantitative estimate of drug-likeness (QED) is 0.839. The minimum absolute atomic E-state index is 0.0618. The molecule has 3 rings (SSSR count). The number of hydrogen-bond acceptors (Lipinski definition) is 5. The van der Waals surface area contributed by atoms with Crippen molar-refractivity contribution in [2.45, 2.75) is 10.9 Å². The van der Waals surface area contributed by atoms with Crippen LogP contribution in [0.25, 0.3) is 0 Å². The highest BCUT2D eigenvalue weighted by molar-refractivity contribution is 7.89. The van der Waals surface area contributed by atoms with Crippen LogP contribution in [0.2, 0.25) is 0 Å². The van der Waals surface area contributed by atoms with Gasteiger partial charge in [-0.1, -0.05) is 30.3 Å². The molecule has 136 valence electrons. The standard InChI is InChI=1S/C19H21N3O3S/c20-14-16-6-8-18(9-7-16)26(23,24)21-15-19(17-4-2-1-3-5-17)22-10-12-25-13-11-22/h1-9,19,21H,10-13,15H2. The second-order valence-corrected chi connectivity index (χ2v) is 7.83. The topological polar surface area (TPSA) is 82.4 Å². The first-order chi connectivity index (χ1) is 12.6. The van der Waals surface area contributed by atoms with E-state index in [-0.39, 0.29) is 17.5 Å². The van der Waals surface area contributed by atoms with Gasteiger partial charge in [0.15, 0.2) is 0 Å². The Kier molecular flexibility index (Phi) is 6.01. The molecule has 2 aromatic carbocycles. The van der Waals surface area contributed by atoms with Crippen molar-refractivity contribution in [2.24, 2.45) is 0 Å². The van der Waals surface area contributed by atoms with Gasteiger partial charge in [-0.05, 0) is 29.8 Å². The smallest absolute Gasteiger partial charge is 0.240 e. The van der Waals surface area contributed by atoms with E-state index in [1.54, 1.807) is 0 Å². The van der Waals surface area contributed by atoms with Crippen LogP contribution < -0.4 is 4.72 Å². The van der Waals surface area contributed by atoms with Gasteiger partial charge in [-0.3, -0.25) is 4.90 Å². The van der Waals surface area contributed by atoms with Crippen LogP contribution in [-0.2, 0) is 14.8 Å². The Morgan fingerprint density at radius 2 is 1.73 bits per heavy atom. The number of nitriles is 1. The summed E-state index contributed by atoms with van der Waals surface area (Å²) < 4.78 is 33.4. The van der Waals surface area contributed by atoms with Gasteiger partial charge in [-0.2, -0.15) is 5.26 Å². The van der Waals surface area contributed by atoms with Crippen LogP contribution in [0.5, 0.6) is 0 Å². The Bertz CT molecular complexity index is 855. The molecule has 1 aliphatic heterocycles. The molecule has 0 aromatic heterocycles. The van der Waals surface area contributed by atoms with E-state index >= 15 is 0 Å². The highest BCUT2D eigenvalue weighted by Gasteiger charge is 2.25. The average Bonchev–Trinajstić information content (AvgIpc) is 2.70. The lowest BCUT2D eigenvalue weighted by atomic mass is 10.1. The third kappa shape index (κ3) is 4.48. The Labute approximate surface area is 154 Å². The molecule has 6 nitrogen and oxygen atoms in total. The van der Waals surface area contributed by atoms with E-state index in [1.807, 2.05) is 36.4 Å². The molecule has 7 heteroatoms. The number of hydrogen-bond donors (Lipinski definition) is 1. The monoisotopic (exact) mass is 371 g/mol. The molecule has 0 radical (unpaired) electrons. The zero-order valence-electron chi connectivity index (χ0n) is 14.3. The number of ether oxygens (including phenoxy) is 1. The molecule has 1 aliphatic rings. The number of morpholine rings is 1. The predicted molar refractivity (Wildman–Crippen MR) is 97.9 cm³/mol. The zero-order valence-corrected chi connectivity index (χ0v) is 15.2. The van der Waals surface area contributed by atoms with Crippen LogP contribution in [-0.4, -0.2) is 46.2 Å². The number of benzene rings is 2. The van der Waals surface area contributed by atoms with Gasteiger partial charge in [0, 0.05) is 25.7 Å². The summed E-state index contributed by atoms with van der Waals surface area (Å²) in [7, 11) is -3.64. The van der Waals surface area contributed by atoms with E-state index in [1.165, 1.54) is 24.3 Å². The molecular formula is C19H21N3O3S. The maximum absolute atomic E-state index is 12.6. The van der Waals surface area contributed by atoms with Crippen LogP contribution in [0, 0.1) is 11.3 Å². The first kappa shape index (κ1) is 18.5. The lowest BCUT2D eigenvalue weighted by Gasteiger charge is -2.34. The zero-order chi connectivity index (χ0) is 18.4. The van der Waals surface area contributed by atoms with Crippen LogP contribution in [0.15, 0.2) is 59.5 Å². The summed E-state index contributed by atoms with van der Waals surface area (Å²) in [5, 5.41) is 8.85. The van der Waals surface area contributed by atoms with Gasteiger partial charge in [0.1, 0.15) is 0 Å². The highest BCUT2D eigenvalue weighted by atomic mass is 32.2. The van der Waals surface area contributed by atoms with Crippen LogP contribution in [0.4, 0.5) is 0 Å². The van der Waals surface area contributed by atoms with Crippen molar-refractivity contribution < 1.29 is 13.2 Å². The maximum Gasteiger partial charge on any atom is 0.240 e. The first-order valence-corrected chi connectivity index (χ1v) is 9.95. The molecule has 1 fully saturated rings. The molecular weight excluding hydrogens is 350 g/mol. The molecule has 0 aliphatic carbocycles. The third-order valence-corrected chi connectivity index (χ3v) is 5.87. The third-order valence-electron chi connectivity index (χ3n) is 4.43. The molecule has 0 saturated carbocycles.